The van der Waals surface area contributed by atoms with Gasteiger partial charge in [-0.05, 0) is 17.0 Å². The maximum Gasteiger partial charge on any atom is 0.315 e. The Morgan fingerprint density at radius 2 is 2.05 bits per heavy atom. The molecule has 3 N–H and O–H groups in total. The van der Waals surface area contributed by atoms with Crippen molar-refractivity contribution in [2.45, 2.75) is 12.1 Å². The Balaban J connectivity index is 1.80. The monoisotopic (exact) mass is 301 g/mol. The van der Waals surface area contributed by atoms with E-state index in [1.54, 1.807) is 11.3 Å². The number of thiophene rings is 1. The number of amides is 3. The molecule has 0 unspecified atom stereocenters. The van der Waals surface area contributed by atoms with Crippen LogP contribution in [0.2, 0.25) is 0 Å². The van der Waals surface area contributed by atoms with Crippen molar-refractivity contribution in [1.29, 1.82) is 0 Å². The maximum atomic E-state index is 12.3. The lowest BCUT2D eigenvalue weighted by Gasteiger charge is -2.20. The molecule has 2 heterocycles. The number of benzene rings is 1. The molecule has 3 rings (SSSR count). The smallest absolute Gasteiger partial charge is 0.315 e. The lowest BCUT2D eigenvalue weighted by atomic mass is 10.0. The summed E-state index contributed by atoms with van der Waals surface area (Å²) < 4.78 is 0. The van der Waals surface area contributed by atoms with Crippen molar-refractivity contribution in [2.75, 3.05) is 6.54 Å². The van der Waals surface area contributed by atoms with E-state index in [0.717, 1.165) is 10.4 Å². The summed E-state index contributed by atoms with van der Waals surface area (Å²) in [5.41, 5.74) is 1.02. The number of hydrogen-bond donors (Lipinski definition) is 3. The quantitative estimate of drug-likeness (QED) is 0.803. The van der Waals surface area contributed by atoms with Crippen LogP contribution in [0.3, 0.4) is 0 Å². The lowest BCUT2D eigenvalue weighted by molar-refractivity contribution is -0.122. The Labute approximate surface area is 126 Å². The van der Waals surface area contributed by atoms with Gasteiger partial charge in [-0.3, -0.25) is 4.79 Å². The Morgan fingerprint density at radius 1 is 1.24 bits per heavy atom. The van der Waals surface area contributed by atoms with Crippen molar-refractivity contribution in [2.24, 2.45) is 0 Å². The fraction of sp³-hybridized carbons (Fsp3) is 0.200. The van der Waals surface area contributed by atoms with Gasteiger partial charge >= 0.3 is 6.03 Å². The van der Waals surface area contributed by atoms with Crippen LogP contribution in [0, 0.1) is 0 Å². The van der Waals surface area contributed by atoms with Crippen LogP contribution in [-0.2, 0) is 4.79 Å². The maximum absolute atomic E-state index is 12.3. The molecule has 5 nitrogen and oxygen atoms in total. The number of carbonyl (C=O) groups is 2. The molecular weight excluding hydrogens is 286 g/mol. The third kappa shape index (κ3) is 3.05. The van der Waals surface area contributed by atoms with Gasteiger partial charge in [-0.15, -0.1) is 11.3 Å². The SMILES string of the molecule is O=C1NC[C@@H](C(=O)N[C@H](c2ccccc2)c2cccs2)N1. The molecule has 0 radical (unpaired) electrons. The van der Waals surface area contributed by atoms with Crippen LogP contribution >= 0.6 is 11.3 Å². The van der Waals surface area contributed by atoms with Crippen LogP contribution in [-0.4, -0.2) is 24.5 Å². The predicted molar refractivity (Wildman–Crippen MR) is 81.1 cm³/mol. The number of rotatable bonds is 4. The van der Waals surface area contributed by atoms with Crippen molar-refractivity contribution >= 4 is 23.3 Å². The predicted octanol–water partition coefficient (Wildman–Crippen LogP) is 1.64. The molecule has 0 spiro atoms. The fourth-order valence-corrected chi connectivity index (χ4v) is 3.08. The van der Waals surface area contributed by atoms with Gasteiger partial charge in [0.05, 0.1) is 6.04 Å². The second kappa shape index (κ2) is 5.97. The molecule has 108 valence electrons. The van der Waals surface area contributed by atoms with E-state index >= 15 is 0 Å². The highest BCUT2D eigenvalue weighted by Gasteiger charge is 2.29. The zero-order valence-corrected chi connectivity index (χ0v) is 12.0. The van der Waals surface area contributed by atoms with Gasteiger partial charge < -0.3 is 16.0 Å². The van der Waals surface area contributed by atoms with Crippen LogP contribution in [0.5, 0.6) is 0 Å². The van der Waals surface area contributed by atoms with Crippen molar-refractivity contribution in [3.8, 4) is 0 Å². The van der Waals surface area contributed by atoms with E-state index in [4.69, 9.17) is 0 Å². The highest BCUT2D eigenvalue weighted by molar-refractivity contribution is 7.10. The van der Waals surface area contributed by atoms with E-state index in [0.29, 0.717) is 6.54 Å². The Kier molecular flexibility index (Phi) is 3.87. The summed E-state index contributed by atoms with van der Waals surface area (Å²) in [4.78, 5) is 24.5. The van der Waals surface area contributed by atoms with Crippen LogP contribution in [0.15, 0.2) is 47.8 Å². The number of hydrogen-bond acceptors (Lipinski definition) is 3. The first-order chi connectivity index (χ1) is 10.2. The van der Waals surface area contributed by atoms with Gasteiger partial charge in [0, 0.05) is 11.4 Å². The Hall–Kier alpha value is -2.34. The second-order valence-electron chi connectivity index (χ2n) is 4.77. The lowest BCUT2D eigenvalue weighted by Crippen LogP contribution is -2.44. The molecule has 1 aliphatic rings. The van der Waals surface area contributed by atoms with Gasteiger partial charge in [-0.1, -0.05) is 36.4 Å². The van der Waals surface area contributed by atoms with Crippen LogP contribution in [0.4, 0.5) is 4.79 Å². The van der Waals surface area contributed by atoms with Crippen LogP contribution < -0.4 is 16.0 Å². The van der Waals surface area contributed by atoms with Gasteiger partial charge in [0.1, 0.15) is 6.04 Å². The molecule has 1 saturated heterocycles. The van der Waals surface area contributed by atoms with E-state index in [1.165, 1.54) is 0 Å². The summed E-state index contributed by atoms with van der Waals surface area (Å²) in [6, 6.07) is 12.7. The van der Waals surface area contributed by atoms with Crippen molar-refractivity contribution in [3.63, 3.8) is 0 Å². The molecule has 0 bridgehead atoms. The van der Waals surface area contributed by atoms with E-state index in [2.05, 4.69) is 16.0 Å². The molecule has 2 atom stereocenters. The van der Waals surface area contributed by atoms with E-state index in [9.17, 15) is 9.59 Å². The minimum absolute atomic E-state index is 0.185. The summed E-state index contributed by atoms with van der Waals surface area (Å²) in [6.07, 6.45) is 0. The van der Waals surface area contributed by atoms with Crippen molar-refractivity contribution < 1.29 is 9.59 Å². The largest absolute Gasteiger partial charge is 0.343 e. The topological polar surface area (TPSA) is 70.2 Å². The molecule has 1 aromatic carbocycles. The Morgan fingerprint density at radius 3 is 2.67 bits per heavy atom. The highest BCUT2D eigenvalue weighted by Crippen LogP contribution is 2.26. The van der Waals surface area contributed by atoms with Gasteiger partial charge in [0.15, 0.2) is 0 Å². The van der Waals surface area contributed by atoms with Crippen molar-refractivity contribution in [1.82, 2.24) is 16.0 Å². The zero-order chi connectivity index (χ0) is 14.7. The first-order valence-electron chi connectivity index (χ1n) is 6.67. The minimum atomic E-state index is -0.524. The van der Waals surface area contributed by atoms with Gasteiger partial charge in [-0.2, -0.15) is 0 Å². The van der Waals surface area contributed by atoms with Crippen LogP contribution in [0.25, 0.3) is 0 Å². The van der Waals surface area contributed by atoms with Gasteiger partial charge in [-0.25, -0.2) is 4.79 Å². The molecule has 1 aliphatic heterocycles. The zero-order valence-electron chi connectivity index (χ0n) is 11.2. The van der Waals surface area contributed by atoms with Gasteiger partial charge in [0.25, 0.3) is 0 Å². The number of urea groups is 1. The second-order valence-corrected chi connectivity index (χ2v) is 5.75. The molecule has 3 amide bonds. The summed E-state index contributed by atoms with van der Waals surface area (Å²) in [6.45, 7) is 0.316. The fourth-order valence-electron chi connectivity index (χ4n) is 2.28. The number of nitrogens with one attached hydrogen (secondary N) is 3. The third-order valence-electron chi connectivity index (χ3n) is 3.34. The third-order valence-corrected chi connectivity index (χ3v) is 4.27. The van der Waals surface area contributed by atoms with Gasteiger partial charge in [0.2, 0.25) is 5.91 Å². The number of carbonyl (C=O) groups excluding carboxylic acids is 2. The first kappa shape index (κ1) is 13.6. The van der Waals surface area contributed by atoms with Crippen molar-refractivity contribution in [3.05, 3.63) is 58.3 Å². The first-order valence-corrected chi connectivity index (χ1v) is 7.55. The summed E-state index contributed by atoms with van der Waals surface area (Å²) in [7, 11) is 0. The summed E-state index contributed by atoms with van der Waals surface area (Å²) in [5.74, 6) is -0.185. The molecule has 2 aromatic rings. The minimum Gasteiger partial charge on any atom is -0.343 e. The van der Waals surface area contributed by atoms with E-state index < -0.39 is 6.04 Å². The molecular formula is C15H15N3O2S. The molecule has 1 fully saturated rings. The normalized spacial score (nSPS) is 18.7. The average Bonchev–Trinajstić information content (AvgIpc) is 3.17. The van der Waals surface area contributed by atoms with Crippen LogP contribution in [0.1, 0.15) is 16.5 Å². The molecule has 0 saturated carbocycles. The highest BCUT2D eigenvalue weighted by atomic mass is 32.1. The molecule has 1 aromatic heterocycles. The molecule has 21 heavy (non-hydrogen) atoms. The molecule has 6 heteroatoms. The summed E-state index contributed by atoms with van der Waals surface area (Å²) in [5, 5.41) is 10.2. The Bertz CT molecular complexity index is 628. The molecule has 0 aliphatic carbocycles. The van der Waals surface area contributed by atoms with E-state index in [1.807, 2.05) is 47.8 Å². The standard InChI is InChI=1S/C15H15N3O2S/c19-14(11-9-16-15(20)17-11)18-13(12-7-4-8-21-12)10-5-2-1-3-6-10/h1-8,11,13H,9H2,(H,18,19)(H2,16,17,20)/t11-,13+/m0/s1. The average molecular weight is 301 g/mol. The van der Waals surface area contributed by atoms with E-state index in [-0.39, 0.29) is 18.0 Å². The summed E-state index contributed by atoms with van der Waals surface area (Å²) >= 11 is 1.59.